The van der Waals surface area contributed by atoms with Crippen molar-refractivity contribution in [3.63, 3.8) is 0 Å². The number of fused-ring (bicyclic) bond motifs is 1. The predicted molar refractivity (Wildman–Crippen MR) is 265 cm³/mol. The maximum Gasteiger partial charge on any atom is 0.246 e. The summed E-state index contributed by atoms with van der Waals surface area (Å²) in [5.74, 6) is -2.39. The van der Waals surface area contributed by atoms with E-state index in [1.54, 1.807) is 6.20 Å². The van der Waals surface area contributed by atoms with Crippen molar-refractivity contribution >= 4 is 58.0 Å². The Morgan fingerprint density at radius 1 is 0.725 bits per heavy atom. The number of rotatable bonds is 24. The van der Waals surface area contributed by atoms with Gasteiger partial charge in [-0.15, -0.1) is 0 Å². The van der Waals surface area contributed by atoms with Crippen molar-refractivity contribution in [2.75, 3.05) is 31.1 Å². The van der Waals surface area contributed by atoms with Gasteiger partial charge in [-0.25, -0.2) is 0 Å². The molecule has 0 unspecified atom stereocenters. The van der Waals surface area contributed by atoms with Gasteiger partial charge in [0.1, 0.15) is 35.2 Å². The highest BCUT2D eigenvalue weighted by atomic mass is 16.5. The standard InChI is InChI=1S/C51H63N11O7/c1-2-3-20-45(64)61-51(25-28-62(29-26-51)36-21-23-38(24-22-36)69-37-15-8-5-9-16-37)49(68)60-42(30-34-13-6-4-7-14-34)48(67)58-41(19-12-27-55-50(53)54)47(66)59-43(46(65)57-33-44(52)63)31-35-32-56-40-18-11-10-17-39(35)40/h4-11,13-18,21-24,32,41-43,56H,2-3,12,19-20,25-31,33H2,1H3,(H2,52,63)(H,57,65)(H,58,67)(H,59,66)(H,60,68)(H,61,64)(H4,53,54,55)/t41-,42+,43-/m0/s1. The molecule has 0 bridgehead atoms. The van der Waals surface area contributed by atoms with Crippen molar-refractivity contribution in [3.05, 3.63) is 127 Å². The molecule has 0 aliphatic carbocycles. The van der Waals surface area contributed by atoms with Gasteiger partial charge in [0, 0.05) is 61.7 Å². The van der Waals surface area contributed by atoms with Crippen LogP contribution in [-0.4, -0.2) is 96.2 Å². The van der Waals surface area contributed by atoms with Crippen molar-refractivity contribution in [2.24, 2.45) is 22.2 Å². The number of primary amides is 1. The number of nitrogens with two attached hydrogens (primary N) is 3. The summed E-state index contributed by atoms with van der Waals surface area (Å²) in [5.41, 5.74) is 18.3. The summed E-state index contributed by atoms with van der Waals surface area (Å²) in [6, 6.07) is 30.0. The lowest BCUT2D eigenvalue weighted by Gasteiger charge is -2.42. The number of nitrogens with zero attached hydrogens (tertiary/aromatic N) is 2. The number of H-pyrrole nitrogens is 1. The molecule has 2 heterocycles. The fraction of sp³-hybridized carbons (Fsp3) is 0.353. The molecule has 1 aliphatic rings. The van der Waals surface area contributed by atoms with E-state index in [1.807, 2.05) is 116 Å². The zero-order chi connectivity index (χ0) is 49.2. The molecule has 1 saturated heterocycles. The second kappa shape index (κ2) is 24.8. The lowest BCUT2D eigenvalue weighted by Crippen LogP contribution is -2.66. The number of aromatic nitrogens is 1. The summed E-state index contributed by atoms with van der Waals surface area (Å²) in [4.78, 5) is 91.9. The van der Waals surface area contributed by atoms with E-state index in [1.165, 1.54) is 0 Å². The third-order valence-corrected chi connectivity index (χ3v) is 12.0. The van der Waals surface area contributed by atoms with Crippen LogP contribution in [0.3, 0.4) is 0 Å². The van der Waals surface area contributed by atoms with Gasteiger partial charge in [-0.3, -0.25) is 33.8 Å². The van der Waals surface area contributed by atoms with Gasteiger partial charge < -0.3 is 58.4 Å². The van der Waals surface area contributed by atoms with Crippen molar-refractivity contribution in [1.29, 1.82) is 0 Å². The SMILES string of the molecule is CCCCC(=O)NC1(C(=O)N[C@H](Cc2ccccc2)C(=O)N[C@@H](CCCN=C(N)N)C(=O)N[C@@H](Cc2c[nH]c3ccccc23)C(=O)NCC(N)=O)CCN(c2ccc(Oc3ccccc3)cc2)CC1. The van der Waals surface area contributed by atoms with Crippen LogP contribution in [0.4, 0.5) is 5.69 Å². The van der Waals surface area contributed by atoms with Crippen LogP contribution in [0, 0.1) is 0 Å². The first-order chi connectivity index (χ1) is 33.3. The minimum atomic E-state index is -1.36. The maximum atomic E-state index is 14.8. The van der Waals surface area contributed by atoms with Crippen LogP contribution < -0.4 is 53.4 Å². The first-order valence-corrected chi connectivity index (χ1v) is 23.3. The molecule has 3 atom stereocenters. The second-order valence-electron chi connectivity index (χ2n) is 17.2. The number of para-hydroxylation sites is 2. The molecule has 0 spiro atoms. The number of guanidine groups is 1. The number of hydrogen-bond acceptors (Lipinski definition) is 9. The van der Waals surface area contributed by atoms with Crippen LogP contribution in [0.5, 0.6) is 11.5 Å². The molecule has 1 aromatic heterocycles. The normalized spacial score (nSPS) is 14.3. The zero-order valence-corrected chi connectivity index (χ0v) is 38.9. The smallest absolute Gasteiger partial charge is 0.246 e. The summed E-state index contributed by atoms with van der Waals surface area (Å²) >= 11 is 0. The topological polar surface area (TPSA) is 281 Å². The van der Waals surface area contributed by atoms with Crippen LogP contribution >= 0.6 is 0 Å². The molecular formula is C51H63N11O7. The maximum absolute atomic E-state index is 14.8. The molecule has 18 heteroatoms. The van der Waals surface area contributed by atoms with Crippen LogP contribution in [0.1, 0.15) is 63.0 Å². The van der Waals surface area contributed by atoms with E-state index in [4.69, 9.17) is 21.9 Å². The molecule has 1 aliphatic heterocycles. The Morgan fingerprint density at radius 3 is 2.03 bits per heavy atom. The van der Waals surface area contributed by atoms with E-state index in [-0.39, 0.29) is 63.4 Å². The fourth-order valence-corrected chi connectivity index (χ4v) is 8.27. The third kappa shape index (κ3) is 14.8. The Kier molecular flexibility index (Phi) is 18.1. The van der Waals surface area contributed by atoms with Gasteiger partial charge >= 0.3 is 0 Å². The number of hydrogen-bond donors (Lipinski definition) is 9. The summed E-state index contributed by atoms with van der Waals surface area (Å²) in [5, 5.41) is 15.0. The highest BCUT2D eigenvalue weighted by Crippen LogP contribution is 2.30. The van der Waals surface area contributed by atoms with E-state index in [0.717, 1.165) is 34.1 Å². The molecule has 18 nitrogen and oxygen atoms in total. The number of anilines is 1. The molecule has 12 N–H and O–H groups in total. The molecule has 4 aromatic carbocycles. The van der Waals surface area contributed by atoms with E-state index in [2.05, 4.69) is 41.5 Å². The molecule has 364 valence electrons. The molecule has 1 fully saturated rings. The van der Waals surface area contributed by atoms with E-state index >= 15 is 0 Å². The summed E-state index contributed by atoms with van der Waals surface area (Å²) < 4.78 is 5.98. The van der Waals surface area contributed by atoms with Gasteiger partial charge in [0.05, 0.1) is 6.54 Å². The zero-order valence-electron chi connectivity index (χ0n) is 38.9. The van der Waals surface area contributed by atoms with E-state index in [9.17, 15) is 28.8 Å². The van der Waals surface area contributed by atoms with Gasteiger partial charge in [-0.1, -0.05) is 80.1 Å². The fourth-order valence-electron chi connectivity index (χ4n) is 8.27. The average molecular weight is 942 g/mol. The summed E-state index contributed by atoms with van der Waals surface area (Å²) in [6.07, 6.45) is 4.22. The minimum Gasteiger partial charge on any atom is -0.457 e. The molecule has 6 amide bonds. The Labute approximate surface area is 401 Å². The van der Waals surface area contributed by atoms with Crippen LogP contribution in [0.15, 0.2) is 120 Å². The number of carbonyl (C=O) groups is 6. The van der Waals surface area contributed by atoms with Crippen LogP contribution in [0.25, 0.3) is 10.9 Å². The molecule has 6 rings (SSSR count). The number of benzene rings is 4. The number of unbranched alkanes of at least 4 members (excludes halogenated alkanes) is 1. The third-order valence-electron chi connectivity index (χ3n) is 12.0. The number of aliphatic imine (C=N–C) groups is 1. The molecule has 5 aromatic rings. The first kappa shape index (κ1) is 50.5. The minimum absolute atomic E-state index is 0.0270. The Bertz CT molecular complexity index is 2540. The Morgan fingerprint density at radius 2 is 1.35 bits per heavy atom. The summed E-state index contributed by atoms with van der Waals surface area (Å²) in [7, 11) is 0. The second-order valence-corrected chi connectivity index (χ2v) is 17.2. The van der Waals surface area contributed by atoms with Crippen molar-refractivity contribution in [2.45, 2.75) is 88.4 Å². The van der Waals surface area contributed by atoms with Gasteiger partial charge in [-0.2, -0.15) is 0 Å². The summed E-state index contributed by atoms with van der Waals surface area (Å²) in [6.45, 7) is 2.48. The number of aromatic amines is 1. The number of ether oxygens (including phenoxy) is 1. The molecular weight excluding hydrogens is 879 g/mol. The Hall–Kier alpha value is -7.89. The van der Waals surface area contributed by atoms with E-state index in [0.29, 0.717) is 31.0 Å². The lowest BCUT2D eigenvalue weighted by molar-refractivity contribution is -0.138. The van der Waals surface area contributed by atoms with Gasteiger partial charge in [0.25, 0.3) is 0 Å². The van der Waals surface area contributed by atoms with Crippen LogP contribution in [0.2, 0.25) is 0 Å². The molecule has 0 radical (unpaired) electrons. The monoisotopic (exact) mass is 941 g/mol. The number of piperidine rings is 1. The molecule has 0 saturated carbocycles. The van der Waals surface area contributed by atoms with E-state index < -0.39 is 59.7 Å². The predicted octanol–water partition coefficient (Wildman–Crippen LogP) is 3.20. The average Bonchev–Trinajstić information content (AvgIpc) is 3.76. The number of amides is 6. The number of carbonyl (C=O) groups excluding carboxylic acids is 6. The lowest BCUT2D eigenvalue weighted by atomic mass is 9.85. The van der Waals surface area contributed by atoms with Crippen molar-refractivity contribution in [3.8, 4) is 11.5 Å². The largest absolute Gasteiger partial charge is 0.457 e. The molecule has 69 heavy (non-hydrogen) atoms. The van der Waals surface area contributed by atoms with Gasteiger partial charge in [-0.05, 0) is 85.7 Å². The van der Waals surface area contributed by atoms with Gasteiger partial charge in [0.15, 0.2) is 5.96 Å². The number of nitrogens with one attached hydrogen (secondary N) is 6. The Balaban J connectivity index is 1.23. The highest BCUT2D eigenvalue weighted by molar-refractivity contribution is 5.98. The quantitative estimate of drug-likeness (QED) is 0.0248. The van der Waals surface area contributed by atoms with Crippen molar-refractivity contribution in [1.82, 2.24) is 31.6 Å². The first-order valence-electron chi connectivity index (χ1n) is 23.3. The van der Waals surface area contributed by atoms with Crippen molar-refractivity contribution < 1.29 is 33.5 Å². The highest BCUT2D eigenvalue weighted by Gasteiger charge is 2.44. The van der Waals surface area contributed by atoms with Gasteiger partial charge in [0.2, 0.25) is 35.4 Å². The van der Waals surface area contributed by atoms with Crippen LogP contribution in [-0.2, 0) is 41.6 Å².